The van der Waals surface area contributed by atoms with E-state index >= 15 is 0 Å². The molecule has 1 aliphatic carbocycles. The molecular formula is C39H35ClN2Si. The molecule has 5 aromatic carbocycles. The Balaban J connectivity index is 1.40. The Morgan fingerprint density at radius 2 is 1.16 bits per heavy atom. The summed E-state index contributed by atoms with van der Waals surface area (Å²) in [6.45, 7) is 19.2. The van der Waals surface area contributed by atoms with Gasteiger partial charge in [-0.2, -0.15) is 0 Å². The monoisotopic (exact) mass is 594 g/mol. The third-order valence-corrected chi connectivity index (χ3v) is 10.8. The molecule has 4 heteroatoms. The molecule has 0 N–H and O–H groups in total. The second-order valence-corrected chi connectivity index (χ2v) is 18.3. The first kappa shape index (κ1) is 28.7. The van der Waals surface area contributed by atoms with Crippen LogP contribution >= 0.6 is 11.6 Å². The minimum Gasteiger partial charge on any atom is -0.311 e. The van der Waals surface area contributed by atoms with Crippen LogP contribution in [0.1, 0.15) is 36.1 Å². The molecule has 0 saturated heterocycles. The maximum Gasteiger partial charge on any atom is 0.187 e. The lowest BCUT2D eigenvalue weighted by atomic mass is 9.81. The van der Waals surface area contributed by atoms with E-state index in [1.165, 1.54) is 33.0 Å². The van der Waals surface area contributed by atoms with Gasteiger partial charge in [-0.3, -0.25) is 0 Å². The quantitative estimate of drug-likeness (QED) is 0.108. The van der Waals surface area contributed by atoms with E-state index in [1.54, 1.807) is 0 Å². The van der Waals surface area contributed by atoms with Crippen LogP contribution in [0.5, 0.6) is 0 Å². The number of rotatable bonds is 6. The van der Waals surface area contributed by atoms with Crippen LogP contribution in [-0.2, 0) is 5.41 Å². The molecule has 0 unspecified atom stereocenters. The Labute approximate surface area is 261 Å². The highest BCUT2D eigenvalue weighted by atomic mass is 35.5. The standard InChI is InChI=1S/C39H35ClN2Si/c1-39(2)37-25-28(8-7-27-9-12-29(40)13-10-27)11-23-35(37)36-24-20-33(26-38(36)39)42(31-16-14-30(41-3)15-17-31)32-18-21-34(22-19-32)43(4,5)6/h7-26H,1-2,4-6H3/b8-7+. The van der Waals surface area contributed by atoms with E-state index in [9.17, 15) is 0 Å². The van der Waals surface area contributed by atoms with Crippen molar-refractivity contribution in [3.05, 3.63) is 148 Å². The van der Waals surface area contributed by atoms with Gasteiger partial charge in [-0.05, 0) is 81.9 Å². The van der Waals surface area contributed by atoms with Crippen LogP contribution in [-0.4, -0.2) is 8.07 Å². The van der Waals surface area contributed by atoms with Crippen LogP contribution in [0.15, 0.2) is 109 Å². The molecule has 6 rings (SSSR count). The Hall–Kier alpha value is -4.36. The maximum atomic E-state index is 7.42. The molecule has 0 fully saturated rings. The number of fused-ring (bicyclic) bond motifs is 3. The van der Waals surface area contributed by atoms with E-state index in [-0.39, 0.29) is 5.41 Å². The number of anilines is 3. The summed E-state index contributed by atoms with van der Waals surface area (Å²) >= 11 is 6.07. The SMILES string of the molecule is [C-]#[N+]c1ccc(N(c2ccc([Si](C)(C)C)cc2)c2ccc3c(c2)C(C)(C)c2cc(/C=C/c4ccc(Cl)cc4)ccc2-3)cc1. The van der Waals surface area contributed by atoms with Crippen molar-refractivity contribution in [3.63, 3.8) is 0 Å². The first-order valence-electron chi connectivity index (χ1n) is 14.7. The number of hydrogen-bond donors (Lipinski definition) is 0. The molecule has 0 bridgehead atoms. The second-order valence-electron chi connectivity index (χ2n) is 12.8. The number of benzene rings is 5. The van der Waals surface area contributed by atoms with Crippen molar-refractivity contribution in [2.45, 2.75) is 38.9 Å². The van der Waals surface area contributed by atoms with Crippen LogP contribution in [0.2, 0.25) is 24.7 Å². The highest BCUT2D eigenvalue weighted by Gasteiger charge is 2.36. The third kappa shape index (κ3) is 5.57. The Morgan fingerprint density at radius 1 is 0.651 bits per heavy atom. The lowest BCUT2D eigenvalue weighted by Crippen LogP contribution is -2.37. The summed E-state index contributed by atoms with van der Waals surface area (Å²) in [5.74, 6) is 0. The molecule has 0 spiro atoms. The topological polar surface area (TPSA) is 7.60 Å². The van der Waals surface area contributed by atoms with Gasteiger partial charge in [0.25, 0.3) is 0 Å². The summed E-state index contributed by atoms with van der Waals surface area (Å²) in [5.41, 5.74) is 11.3. The van der Waals surface area contributed by atoms with Crippen molar-refractivity contribution in [3.8, 4) is 11.1 Å². The molecule has 1 aliphatic rings. The van der Waals surface area contributed by atoms with Crippen LogP contribution < -0.4 is 10.1 Å². The van der Waals surface area contributed by atoms with Gasteiger partial charge in [0.1, 0.15) is 0 Å². The largest absolute Gasteiger partial charge is 0.311 e. The fourth-order valence-electron chi connectivity index (χ4n) is 5.99. The maximum absolute atomic E-state index is 7.42. The summed E-state index contributed by atoms with van der Waals surface area (Å²) in [5, 5.41) is 2.18. The molecule has 2 nitrogen and oxygen atoms in total. The smallest absolute Gasteiger partial charge is 0.187 e. The van der Waals surface area contributed by atoms with Crippen molar-refractivity contribution in [2.24, 2.45) is 0 Å². The van der Waals surface area contributed by atoms with Gasteiger partial charge in [-0.25, -0.2) is 4.85 Å². The predicted molar refractivity (Wildman–Crippen MR) is 188 cm³/mol. The molecular weight excluding hydrogens is 560 g/mol. The van der Waals surface area contributed by atoms with E-state index in [0.29, 0.717) is 5.69 Å². The van der Waals surface area contributed by atoms with E-state index in [1.807, 2.05) is 48.5 Å². The van der Waals surface area contributed by atoms with E-state index < -0.39 is 8.07 Å². The summed E-state index contributed by atoms with van der Waals surface area (Å²) in [6, 6.07) is 38.5. The summed E-state index contributed by atoms with van der Waals surface area (Å²) in [6.07, 6.45) is 4.31. The van der Waals surface area contributed by atoms with Crippen molar-refractivity contribution in [2.75, 3.05) is 4.90 Å². The van der Waals surface area contributed by atoms with Gasteiger partial charge in [0.05, 0.1) is 14.6 Å². The summed E-state index contributed by atoms with van der Waals surface area (Å²) in [7, 11) is -1.43. The molecule has 0 atom stereocenters. The number of halogens is 1. The average molecular weight is 595 g/mol. The first-order chi connectivity index (χ1) is 20.5. The van der Waals surface area contributed by atoms with E-state index in [0.717, 1.165) is 27.6 Å². The van der Waals surface area contributed by atoms with Crippen LogP contribution in [0.3, 0.4) is 0 Å². The van der Waals surface area contributed by atoms with Gasteiger partial charge < -0.3 is 4.90 Å². The van der Waals surface area contributed by atoms with Gasteiger partial charge >= 0.3 is 0 Å². The summed E-state index contributed by atoms with van der Waals surface area (Å²) < 4.78 is 0. The Kier molecular flexibility index (Phi) is 7.38. The fourth-order valence-corrected chi connectivity index (χ4v) is 7.28. The molecule has 5 aromatic rings. The number of hydrogen-bond acceptors (Lipinski definition) is 1. The van der Waals surface area contributed by atoms with Crippen molar-refractivity contribution >= 4 is 59.8 Å². The lowest BCUT2D eigenvalue weighted by Gasteiger charge is -2.29. The van der Waals surface area contributed by atoms with Gasteiger partial charge in [-0.1, -0.05) is 123 Å². The molecule has 0 aromatic heterocycles. The van der Waals surface area contributed by atoms with Gasteiger partial charge in [-0.15, -0.1) is 0 Å². The summed E-state index contributed by atoms with van der Waals surface area (Å²) in [4.78, 5) is 5.92. The van der Waals surface area contributed by atoms with Crippen molar-refractivity contribution in [1.82, 2.24) is 0 Å². The third-order valence-electron chi connectivity index (χ3n) is 8.51. The molecule has 43 heavy (non-hydrogen) atoms. The zero-order valence-corrected chi connectivity index (χ0v) is 27.1. The van der Waals surface area contributed by atoms with Gasteiger partial charge in [0, 0.05) is 27.5 Å². The molecule has 0 heterocycles. The molecule has 212 valence electrons. The van der Waals surface area contributed by atoms with Crippen LogP contribution in [0.25, 0.3) is 28.1 Å². The lowest BCUT2D eigenvalue weighted by molar-refractivity contribution is 0.660. The fraction of sp³-hybridized carbons (Fsp3) is 0.154. The van der Waals surface area contributed by atoms with Gasteiger partial charge in [0.2, 0.25) is 0 Å². The Bertz CT molecular complexity index is 1870. The molecule has 0 amide bonds. The van der Waals surface area contributed by atoms with Crippen LogP contribution in [0.4, 0.5) is 22.7 Å². The Morgan fingerprint density at radius 3 is 1.77 bits per heavy atom. The predicted octanol–water partition coefficient (Wildman–Crippen LogP) is 11.4. The highest BCUT2D eigenvalue weighted by molar-refractivity contribution is 6.88. The second kappa shape index (κ2) is 11.0. The zero-order chi connectivity index (χ0) is 30.4. The first-order valence-corrected chi connectivity index (χ1v) is 18.5. The van der Waals surface area contributed by atoms with Crippen molar-refractivity contribution in [1.29, 1.82) is 0 Å². The van der Waals surface area contributed by atoms with E-state index in [4.69, 9.17) is 18.2 Å². The molecule has 0 saturated carbocycles. The average Bonchev–Trinajstić information content (AvgIpc) is 3.22. The molecule has 0 aliphatic heterocycles. The normalized spacial score (nSPS) is 13.4. The van der Waals surface area contributed by atoms with E-state index in [2.05, 4.69) is 116 Å². The minimum atomic E-state index is -1.43. The number of nitrogens with zero attached hydrogens (tertiary/aromatic N) is 2. The zero-order valence-electron chi connectivity index (χ0n) is 25.3. The highest BCUT2D eigenvalue weighted by Crippen LogP contribution is 2.51. The minimum absolute atomic E-state index is 0.161. The van der Waals surface area contributed by atoms with Crippen LogP contribution in [0, 0.1) is 6.57 Å². The van der Waals surface area contributed by atoms with Crippen molar-refractivity contribution < 1.29 is 0 Å². The van der Waals surface area contributed by atoms with Gasteiger partial charge in [0.15, 0.2) is 5.69 Å². The molecule has 0 radical (unpaired) electrons.